The smallest absolute Gasteiger partial charge is 0.294 e. The summed E-state index contributed by atoms with van der Waals surface area (Å²) in [7, 11) is 0. The van der Waals surface area contributed by atoms with Crippen molar-refractivity contribution in [1.82, 2.24) is 0 Å². The molecule has 1 atom stereocenters. The third-order valence-electron chi connectivity index (χ3n) is 5.89. The first-order valence-electron chi connectivity index (χ1n) is 10.5. The summed E-state index contributed by atoms with van der Waals surface area (Å²) in [5.74, 6) is -1.71. The summed E-state index contributed by atoms with van der Waals surface area (Å²) in [5.41, 5.74) is 3.65. The number of aryl methyl sites for hydroxylation is 2. The molecule has 0 saturated carbocycles. The standard InChI is InChI=1S/C27H20ClNO4/c1-15-6-5-8-17(12-15)24-23(25(30)22-14-18-13-19(28)10-11-21(18)33-22)26(31)27(32)29(24)20-9-4-3-7-16(20)2/h3-14,24,31H,1-2H3. The summed E-state index contributed by atoms with van der Waals surface area (Å²) in [5, 5.41) is 12.1. The summed E-state index contributed by atoms with van der Waals surface area (Å²) in [4.78, 5) is 28.5. The van der Waals surface area contributed by atoms with E-state index in [-0.39, 0.29) is 11.3 Å². The van der Waals surface area contributed by atoms with Crippen molar-refractivity contribution in [2.45, 2.75) is 19.9 Å². The van der Waals surface area contributed by atoms with Crippen molar-refractivity contribution >= 4 is 39.9 Å². The number of Topliss-reactive ketones (excluding diaryl/α,β-unsaturated/α-hetero) is 1. The van der Waals surface area contributed by atoms with Crippen molar-refractivity contribution in [2.24, 2.45) is 0 Å². The lowest BCUT2D eigenvalue weighted by Crippen LogP contribution is -2.31. The van der Waals surface area contributed by atoms with Gasteiger partial charge in [-0.15, -0.1) is 0 Å². The summed E-state index contributed by atoms with van der Waals surface area (Å²) in [6, 6.07) is 20.8. The summed E-state index contributed by atoms with van der Waals surface area (Å²) >= 11 is 6.07. The van der Waals surface area contributed by atoms with Gasteiger partial charge in [-0.2, -0.15) is 0 Å². The Labute approximate surface area is 195 Å². The molecular weight excluding hydrogens is 438 g/mol. The Morgan fingerprint density at radius 1 is 1.00 bits per heavy atom. The minimum absolute atomic E-state index is 0.0148. The number of fused-ring (bicyclic) bond motifs is 1. The molecule has 1 N–H and O–H groups in total. The normalized spacial score (nSPS) is 16.2. The van der Waals surface area contributed by atoms with Crippen molar-refractivity contribution in [3.8, 4) is 0 Å². The number of ketones is 1. The van der Waals surface area contributed by atoms with E-state index in [2.05, 4.69) is 0 Å². The van der Waals surface area contributed by atoms with Crippen LogP contribution in [0.3, 0.4) is 0 Å². The average Bonchev–Trinajstić information content (AvgIpc) is 3.32. The largest absolute Gasteiger partial charge is 0.503 e. The van der Waals surface area contributed by atoms with Crippen LogP contribution in [0.15, 0.2) is 88.5 Å². The van der Waals surface area contributed by atoms with Crippen molar-refractivity contribution in [3.63, 3.8) is 0 Å². The van der Waals surface area contributed by atoms with Gasteiger partial charge in [0.05, 0.1) is 11.6 Å². The van der Waals surface area contributed by atoms with Gasteiger partial charge in [-0.25, -0.2) is 0 Å². The quantitative estimate of drug-likeness (QED) is 0.356. The van der Waals surface area contributed by atoms with E-state index in [1.807, 2.05) is 56.3 Å². The van der Waals surface area contributed by atoms with E-state index in [1.165, 1.54) is 4.90 Å². The fourth-order valence-electron chi connectivity index (χ4n) is 4.33. The highest BCUT2D eigenvalue weighted by molar-refractivity contribution is 6.31. The van der Waals surface area contributed by atoms with Gasteiger partial charge in [0, 0.05) is 16.1 Å². The van der Waals surface area contributed by atoms with Crippen LogP contribution in [-0.2, 0) is 4.79 Å². The van der Waals surface area contributed by atoms with E-state index in [1.54, 1.807) is 30.3 Å². The molecule has 1 amide bonds. The van der Waals surface area contributed by atoms with E-state index in [4.69, 9.17) is 16.0 Å². The fraction of sp³-hybridized carbons (Fsp3) is 0.111. The minimum atomic E-state index is -0.803. The molecule has 5 rings (SSSR count). The summed E-state index contributed by atoms with van der Waals surface area (Å²) in [6.45, 7) is 3.82. The predicted molar refractivity (Wildman–Crippen MR) is 128 cm³/mol. The van der Waals surface area contributed by atoms with Crippen LogP contribution in [-0.4, -0.2) is 16.8 Å². The SMILES string of the molecule is Cc1cccc(C2C(C(=O)c3cc4cc(Cl)ccc4o3)=C(O)C(=O)N2c2ccccc2C)c1. The van der Waals surface area contributed by atoms with Crippen LogP contribution >= 0.6 is 11.6 Å². The van der Waals surface area contributed by atoms with Gasteiger partial charge in [0.25, 0.3) is 5.91 Å². The third kappa shape index (κ3) is 3.51. The van der Waals surface area contributed by atoms with Crippen molar-refractivity contribution in [1.29, 1.82) is 0 Å². The van der Waals surface area contributed by atoms with Crippen LogP contribution in [0, 0.1) is 13.8 Å². The molecular formula is C27H20ClNO4. The van der Waals surface area contributed by atoms with Gasteiger partial charge in [-0.05, 0) is 55.3 Å². The van der Waals surface area contributed by atoms with E-state index >= 15 is 0 Å². The second kappa shape index (κ2) is 7.94. The monoisotopic (exact) mass is 457 g/mol. The van der Waals surface area contributed by atoms with Crippen LogP contribution in [0.5, 0.6) is 0 Å². The number of halogens is 1. The van der Waals surface area contributed by atoms with Crippen LogP contribution in [0.1, 0.15) is 33.3 Å². The number of nitrogens with zero attached hydrogens (tertiary/aromatic N) is 1. The van der Waals surface area contributed by atoms with Gasteiger partial charge in [0.2, 0.25) is 5.78 Å². The van der Waals surface area contributed by atoms with Gasteiger partial charge < -0.3 is 9.52 Å². The van der Waals surface area contributed by atoms with Crippen molar-refractivity contribution in [3.05, 3.63) is 112 Å². The lowest BCUT2D eigenvalue weighted by Gasteiger charge is -2.28. The zero-order valence-corrected chi connectivity index (χ0v) is 18.8. The molecule has 1 unspecified atom stereocenters. The Hall–Kier alpha value is -3.83. The second-order valence-electron chi connectivity index (χ2n) is 8.16. The number of aliphatic hydroxyl groups is 1. The zero-order chi connectivity index (χ0) is 23.3. The lowest BCUT2D eigenvalue weighted by molar-refractivity contribution is -0.117. The van der Waals surface area contributed by atoms with Crippen LogP contribution in [0.25, 0.3) is 11.0 Å². The number of carbonyl (C=O) groups is 2. The van der Waals surface area contributed by atoms with E-state index in [9.17, 15) is 14.7 Å². The highest BCUT2D eigenvalue weighted by Gasteiger charge is 2.45. The van der Waals surface area contributed by atoms with E-state index < -0.39 is 23.5 Å². The Morgan fingerprint density at radius 3 is 2.55 bits per heavy atom. The minimum Gasteiger partial charge on any atom is -0.503 e. The van der Waals surface area contributed by atoms with E-state index in [0.717, 1.165) is 16.7 Å². The highest BCUT2D eigenvalue weighted by atomic mass is 35.5. The Morgan fingerprint density at radius 2 is 1.79 bits per heavy atom. The van der Waals surface area contributed by atoms with Gasteiger partial charge in [0.15, 0.2) is 11.5 Å². The Kier molecular flexibility index (Phi) is 5.06. The maximum Gasteiger partial charge on any atom is 0.294 e. The van der Waals surface area contributed by atoms with Crippen molar-refractivity contribution < 1.29 is 19.1 Å². The third-order valence-corrected chi connectivity index (χ3v) is 6.12. The number of para-hydroxylation sites is 1. The first kappa shape index (κ1) is 21.0. The molecule has 0 aliphatic carbocycles. The number of benzene rings is 3. The average molecular weight is 458 g/mol. The number of aliphatic hydroxyl groups excluding tert-OH is 1. The molecule has 0 spiro atoms. The number of amides is 1. The number of rotatable bonds is 4. The molecule has 0 bridgehead atoms. The maximum absolute atomic E-state index is 13.7. The number of hydrogen-bond acceptors (Lipinski definition) is 4. The molecule has 0 saturated heterocycles. The molecule has 0 radical (unpaired) electrons. The molecule has 3 aromatic carbocycles. The van der Waals surface area contributed by atoms with Gasteiger partial charge in [0.1, 0.15) is 5.58 Å². The van der Waals surface area contributed by atoms with Gasteiger partial charge in [-0.1, -0.05) is 59.6 Å². The summed E-state index contributed by atoms with van der Waals surface area (Å²) in [6.07, 6.45) is 0. The highest BCUT2D eigenvalue weighted by Crippen LogP contribution is 2.43. The molecule has 2 heterocycles. The zero-order valence-electron chi connectivity index (χ0n) is 18.0. The van der Waals surface area contributed by atoms with Crippen LogP contribution in [0.4, 0.5) is 5.69 Å². The molecule has 4 aromatic rings. The number of furan rings is 1. The van der Waals surface area contributed by atoms with Crippen molar-refractivity contribution in [2.75, 3.05) is 4.90 Å². The number of anilines is 1. The first-order chi connectivity index (χ1) is 15.8. The Balaban J connectivity index is 1.68. The van der Waals surface area contributed by atoms with Crippen LogP contribution in [0.2, 0.25) is 5.02 Å². The molecule has 1 aliphatic heterocycles. The first-order valence-corrected chi connectivity index (χ1v) is 10.9. The molecule has 1 aromatic heterocycles. The molecule has 1 aliphatic rings. The molecule has 5 nitrogen and oxygen atoms in total. The number of hydrogen-bond donors (Lipinski definition) is 1. The summed E-state index contributed by atoms with van der Waals surface area (Å²) < 4.78 is 5.77. The molecule has 164 valence electrons. The fourth-order valence-corrected chi connectivity index (χ4v) is 4.51. The molecule has 6 heteroatoms. The van der Waals surface area contributed by atoms with Gasteiger partial charge in [-0.3, -0.25) is 14.5 Å². The second-order valence-corrected chi connectivity index (χ2v) is 8.60. The predicted octanol–water partition coefficient (Wildman–Crippen LogP) is 6.49. The Bertz CT molecular complexity index is 1470. The molecule has 0 fully saturated rings. The number of carbonyl (C=O) groups excluding carboxylic acids is 2. The molecule has 33 heavy (non-hydrogen) atoms. The topological polar surface area (TPSA) is 70.7 Å². The lowest BCUT2D eigenvalue weighted by atomic mass is 9.93. The van der Waals surface area contributed by atoms with Gasteiger partial charge >= 0.3 is 0 Å². The van der Waals surface area contributed by atoms with E-state index in [0.29, 0.717) is 21.7 Å². The van der Waals surface area contributed by atoms with Crippen LogP contribution < -0.4 is 4.90 Å². The maximum atomic E-state index is 13.7.